The fraction of sp³-hybridized carbons (Fsp3) is 0.538. The van der Waals surface area contributed by atoms with Crippen LogP contribution < -0.4 is 10.6 Å². The van der Waals surface area contributed by atoms with E-state index in [1.54, 1.807) is 12.4 Å². The number of alkyl halides is 3. The van der Waals surface area contributed by atoms with Crippen molar-refractivity contribution < 1.29 is 22.8 Å². The van der Waals surface area contributed by atoms with Crippen molar-refractivity contribution in [2.75, 3.05) is 13.1 Å². The molecule has 1 saturated carbocycles. The van der Waals surface area contributed by atoms with E-state index in [-0.39, 0.29) is 36.1 Å². The highest BCUT2D eigenvalue weighted by atomic mass is 19.4. The molecule has 0 spiro atoms. The quantitative estimate of drug-likeness (QED) is 0.655. The van der Waals surface area contributed by atoms with E-state index in [0.29, 0.717) is 11.8 Å². The molecule has 2 aliphatic heterocycles. The first kappa shape index (κ1) is 24.7. The van der Waals surface area contributed by atoms with Crippen molar-refractivity contribution in [2.45, 2.75) is 68.7 Å². The Bertz CT molecular complexity index is 1090. The summed E-state index contributed by atoms with van der Waals surface area (Å²) in [6.07, 6.45) is 4.66. The Balaban J connectivity index is 1.23. The smallest absolute Gasteiger partial charge is 0.343 e. The molecule has 3 fully saturated rings. The zero-order valence-corrected chi connectivity index (χ0v) is 19.9. The van der Waals surface area contributed by atoms with Gasteiger partial charge in [0.05, 0.1) is 12.1 Å². The van der Waals surface area contributed by atoms with E-state index >= 15 is 0 Å². The second-order valence-electron chi connectivity index (χ2n) is 10.0. The van der Waals surface area contributed by atoms with Crippen LogP contribution in [0.4, 0.5) is 13.2 Å². The topological polar surface area (TPSA) is 87.2 Å². The summed E-state index contributed by atoms with van der Waals surface area (Å²) in [5.41, 5.74) is -1.00. The van der Waals surface area contributed by atoms with Crippen molar-refractivity contribution in [1.82, 2.24) is 25.5 Å². The Labute approximate surface area is 207 Å². The van der Waals surface area contributed by atoms with E-state index < -0.39 is 17.6 Å². The average molecular weight is 502 g/mol. The monoisotopic (exact) mass is 501 g/mol. The average Bonchev–Trinajstić information content (AvgIpc) is 3.49. The van der Waals surface area contributed by atoms with Gasteiger partial charge in [-0.1, -0.05) is 6.07 Å². The van der Waals surface area contributed by atoms with Crippen molar-refractivity contribution in [1.29, 1.82) is 0 Å². The highest BCUT2D eigenvalue weighted by molar-refractivity contribution is 5.96. The number of hydrogen-bond donors (Lipinski definition) is 2. The number of aromatic nitrogens is 2. The molecular weight excluding hydrogens is 471 g/mol. The molecule has 0 bridgehead atoms. The van der Waals surface area contributed by atoms with Crippen molar-refractivity contribution >= 4 is 11.8 Å². The highest BCUT2D eigenvalue weighted by Crippen LogP contribution is 2.42. The number of hydrogen-bond acceptors (Lipinski definition) is 5. The van der Waals surface area contributed by atoms with E-state index in [1.807, 2.05) is 11.0 Å². The van der Waals surface area contributed by atoms with Crippen molar-refractivity contribution in [3.8, 4) is 0 Å². The summed E-state index contributed by atoms with van der Waals surface area (Å²) in [5.74, 6) is 0.712. The molecule has 7 nitrogen and oxygen atoms in total. The number of carbonyl (C=O) groups excluding carboxylic acids is 2. The molecule has 1 aliphatic carbocycles. The van der Waals surface area contributed by atoms with Gasteiger partial charge in [0.15, 0.2) is 0 Å². The lowest BCUT2D eigenvalue weighted by Crippen LogP contribution is -2.49. The molecule has 3 aliphatic rings. The first-order valence-electron chi connectivity index (χ1n) is 12.6. The number of rotatable bonds is 5. The Morgan fingerprint density at radius 2 is 1.78 bits per heavy atom. The Morgan fingerprint density at radius 3 is 2.50 bits per heavy atom. The van der Waals surface area contributed by atoms with Crippen LogP contribution in [0.2, 0.25) is 0 Å². The number of amides is 2. The summed E-state index contributed by atoms with van der Waals surface area (Å²) >= 11 is 0. The number of halogens is 3. The van der Waals surface area contributed by atoms with Gasteiger partial charge in [0, 0.05) is 42.0 Å². The number of carbonyl (C=O) groups is 2. The second-order valence-corrected chi connectivity index (χ2v) is 10.0. The van der Waals surface area contributed by atoms with Gasteiger partial charge < -0.3 is 15.5 Å². The molecule has 10 heteroatoms. The standard InChI is InChI=1S/C26H30F3N5O2/c27-26(28,29)19-4-1-3-18(13-19)25(36)33-15-23(35)34-21-9-12-30-20(21)14-22(34)16-5-7-17(8-6-16)24-31-10-2-11-32-24/h1-4,10-11,13,16-17,20-22,30H,5-9,12,14-15H2,(H,33,36)/t16?,17?,20-,21-,22-/m0/s1. The van der Waals surface area contributed by atoms with E-state index in [9.17, 15) is 22.8 Å². The zero-order valence-electron chi connectivity index (χ0n) is 19.9. The van der Waals surface area contributed by atoms with Crippen molar-refractivity contribution in [2.24, 2.45) is 5.92 Å². The number of fused-ring (bicyclic) bond motifs is 1. The van der Waals surface area contributed by atoms with Crippen LogP contribution >= 0.6 is 0 Å². The summed E-state index contributed by atoms with van der Waals surface area (Å²) in [4.78, 5) is 36.7. The minimum absolute atomic E-state index is 0.0862. The summed E-state index contributed by atoms with van der Waals surface area (Å²) in [7, 11) is 0. The van der Waals surface area contributed by atoms with Crippen LogP contribution in [0, 0.1) is 5.92 Å². The molecule has 0 unspecified atom stereocenters. The van der Waals surface area contributed by atoms with Crippen LogP contribution in [-0.2, 0) is 11.0 Å². The van der Waals surface area contributed by atoms with Gasteiger partial charge in [-0.2, -0.15) is 13.2 Å². The lowest BCUT2D eigenvalue weighted by Gasteiger charge is -2.38. The maximum atomic E-state index is 13.4. The van der Waals surface area contributed by atoms with Crippen molar-refractivity contribution in [3.05, 3.63) is 59.7 Å². The second kappa shape index (κ2) is 10.2. The third kappa shape index (κ3) is 5.09. The molecule has 2 N–H and O–H groups in total. The van der Waals surface area contributed by atoms with Crippen molar-refractivity contribution in [3.63, 3.8) is 0 Å². The minimum atomic E-state index is -4.54. The number of nitrogens with one attached hydrogen (secondary N) is 2. The molecule has 2 aromatic rings. The van der Waals surface area contributed by atoms with Gasteiger partial charge in [-0.15, -0.1) is 0 Å². The van der Waals surface area contributed by atoms with E-state index in [1.165, 1.54) is 12.1 Å². The third-order valence-corrected chi connectivity index (χ3v) is 7.93. The van der Waals surface area contributed by atoms with Crippen LogP contribution in [0.1, 0.15) is 66.2 Å². The Kier molecular flexibility index (Phi) is 6.96. The maximum absolute atomic E-state index is 13.4. The normalized spacial score (nSPS) is 28.1. The van der Waals surface area contributed by atoms with E-state index in [2.05, 4.69) is 20.6 Å². The van der Waals surface area contributed by atoms with Gasteiger partial charge in [0.1, 0.15) is 5.82 Å². The lowest BCUT2D eigenvalue weighted by molar-refractivity contribution is -0.137. The fourth-order valence-corrected chi connectivity index (χ4v) is 6.21. The Morgan fingerprint density at radius 1 is 1.03 bits per heavy atom. The van der Waals surface area contributed by atoms with Gasteiger partial charge >= 0.3 is 6.18 Å². The maximum Gasteiger partial charge on any atom is 0.416 e. The van der Waals surface area contributed by atoms with E-state index in [4.69, 9.17) is 0 Å². The molecule has 2 saturated heterocycles. The lowest BCUT2D eigenvalue weighted by atomic mass is 9.77. The fourth-order valence-electron chi connectivity index (χ4n) is 6.21. The predicted octanol–water partition coefficient (Wildman–Crippen LogP) is 3.53. The van der Waals surface area contributed by atoms with Crippen LogP contribution in [0.15, 0.2) is 42.7 Å². The molecule has 1 aromatic carbocycles. The number of nitrogens with zero attached hydrogens (tertiary/aromatic N) is 3. The molecular formula is C26H30F3N5O2. The van der Waals surface area contributed by atoms with Gasteiger partial charge in [-0.25, -0.2) is 9.97 Å². The van der Waals surface area contributed by atoms with Gasteiger partial charge in [-0.3, -0.25) is 9.59 Å². The van der Waals surface area contributed by atoms with Gasteiger partial charge in [0.25, 0.3) is 5.91 Å². The molecule has 3 atom stereocenters. The molecule has 3 heterocycles. The number of benzene rings is 1. The summed E-state index contributed by atoms with van der Waals surface area (Å²) < 4.78 is 39.0. The first-order chi connectivity index (χ1) is 17.3. The highest BCUT2D eigenvalue weighted by Gasteiger charge is 2.48. The van der Waals surface area contributed by atoms with Crippen LogP contribution in [-0.4, -0.2) is 57.9 Å². The summed E-state index contributed by atoms with van der Waals surface area (Å²) in [6, 6.07) is 6.47. The van der Waals surface area contributed by atoms with Crippen LogP contribution in [0.25, 0.3) is 0 Å². The first-order valence-corrected chi connectivity index (χ1v) is 12.6. The summed E-state index contributed by atoms with van der Waals surface area (Å²) in [5, 5.41) is 6.06. The zero-order chi connectivity index (χ0) is 25.3. The van der Waals surface area contributed by atoms with Gasteiger partial charge in [0.2, 0.25) is 5.91 Å². The third-order valence-electron chi connectivity index (χ3n) is 7.93. The summed E-state index contributed by atoms with van der Waals surface area (Å²) in [6.45, 7) is 0.614. The SMILES string of the molecule is O=C(NCC(=O)N1[C@H](C2CCC(c3ncccn3)CC2)C[C@@H]2NCC[C@@H]21)c1cccc(C(F)(F)F)c1. The minimum Gasteiger partial charge on any atom is -0.343 e. The molecule has 0 radical (unpaired) electrons. The molecule has 192 valence electrons. The Hall–Kier alpha value is -3.01. The molecule has 2 amide bonds. The van der Waals surface area contributed by atoms with Gasteiger partial charge in [-0.05, 0) is 75.3 Å². The number of likely N-dealkylation sites (tertiary alicyclic amines) is 1. The van der Waals surface area contributed by atoms with Crippen LogP contribution in [0.5, 0.6) is 0 Å². The molecule has 1 aromatic heterocycles. The van der Waals surface area contributed by atoms with Crippen LogP contribution in [0.3, 0.4) is 0 Å². The predicted molar refractivity (Wildman–Crippen MR) is 126 cm³/mol. The molecule has 5 rings (SSSR count). The largest absolute Gasteiger partial charge is 0.416 e. The van der Waals surface area contributed by atoms with E-state index in [0.717, 1.165) is 63.0 Å². The molecule has 36 heavy (non-hydrogen) atoms.